The van der Waals surface area contributed by atoms with Crippen LogP contribution in [-0.4, -0.2) is 41.6 Å². The fourth-order valence-electron chi connectivity index (χ4n) is 3.44. The van der Waals surface area contributed by atoms with Crippen molar-refractivity contribution in [3.8, 4) is 0 Å². The van der Waals surface area contributed by atoms with Crippen LogP contribution in [0.4, 0.5) is 10.5 Å². The highest BCUT2D eigenvalue weighted by molar-refractivity contribution is 5.92. The third-order valence-electron chi connectivity index (χ3n) is 5.05. The summed E-state index contributed by atoms with van der Waals surface area (Å²) in [5.74, 6) is 0.220. The molecule has 0 saturated heterocycles. The van der Waals surface area contributed by atoms with Crippen LogP contribution in [0.3, 0.4) is 0 Å². The van der Waals surface area contributed by atoms with Crippen molar-refractivity contribution >= 4 is 17.6 Å². The predicted octanol–water partition coefficient (Wildman–Crippen LogP) is 3.51. The molecule has 0 unspecified atom stereocenters. The molecule has 3 N–H and O–H groups in total. The molecule has 2 rings (SSSR count). The number of aliphatic hydroxyl groups is 1. The van der Waals surface area contributed by atoms with E-state index in [1.165, 1.54) is 6.42 Å². The maximum atomic E-state index is 12.4. The maximum absolute atomic E-state index is 12.4. The van der Waals surface area contributed by atoms with E-state index in [1.54, 1.807) is 4.90 Å². The van der Waals surface area contributed by atoms with Crippen LogP contribution in [0.15, 0.2) is 24.3 Å². The molecule has 1 fully saturated rings. The standard InChI is InChI=1S/C21H33N3O3/c1-2-3-12-24(13-14-25)21(27)22-16-17-8-7-11-19(15-17)23-20(26)18-9-5-4-6-10-18/h7-8,11,15,18,25H,2-6,9-10,12-14,16H2,1H3,(H,22,27)(H,23,26). The molecule has 0 heterocycles. The van der Waals surface area contributed by atoms with Gasteiger partial charge in [-0.1, -0.05) is 44.7 Å². The smallest absolute Gasteiger partial charge is 0.317 e. The summed E-state index contributed by atoms with van der Waals surface area (Å²) in [7, 11) is 0. The number of anilines is 1. The predicted molar refractivity (Wildman–Crippen MR) is 107 cm³/mol. The summed E-state index contributed by atoms with van der Waals surface area (Å²) in [6.45, 7) is 3.39. The van der Waals surface area contributed by atoms with Crippen LogP contribution >= 0.6 is 0 Å². The molecule has 1 saturated carbocycles. The number of carbonyl (C=O) groups is 2. The first-order chi connectivity index (χ1) is 13.1. The Balaban J connectivity index is 1.86. The van der Waals surface area contributed by atoms with Crippen LogP contribution in [0, 0.1) is 5.92 Å². The summed E-state index contributed by atoms with van der Waals surface area (Å²) in [5, 5.41) is 15.1. The normalized spacial score (nSPS) is 14.6. The molecule has 0 spiro atoms. The van der Waals surface area contributed by atoms with E-state index >= 15 is 0 Å². The lowest BCUT2D eigenvalue weighted by Crippen LogP contribution is -2.41. The number of unbranched alkanes of at least 4 members (excludes halogenated alkanes) is 1. The Morgan fingerprint density at radius 1 is 1.19 bits per heavy atom. The second-order valence-electron chi connectivity index (χ2n) is 7.25. The monoisotopic (exact) mass is 375 g/mol. The van der Waals surface area contributed by atoms with Crippen LogP contribution in [-0.2, 0) is 11.3 Å². The van der Waals surface area contributed by atoms with E-state index in [-0.39, 0.29) is 24.5 Å². The Hall–Kier alpha value is -2.08. The SMILES string of the molecule is CCCCN(CCO)C(=O)NCc1cccc(NC(=O)C2CCCCC2)c1. The number of aliphatic hydroxyl groups excluding tert-OH is 1. The highest BCUT2D eigenvalue weighted by Crippen LogP contribution is 2.25. The third-order valence-corrected chi connectivity index (χ3v) is 5.05. The zero-order chi connectivity index (χ0) is 19.5. The van der Waals surface area contributed by atoms with Gasteiger partial charge in [-0.3, -0.25) is 4.79 Å². The number of nitrogens with one attached hydrogen (secondary N) is 2. The van der Waals surface area contributed by atoms with E-state index in [9.17, 15) is 9.59 Å². The van der Waals surface area contributed by atoms with Crippen LogP contribution in [0.5, 0.6) is 0 Å². The average Bonchev–Trinajstić information content (AvgIpc) is 2.70. The van der Waals surface area contributed by atoms with Crippen LogP contribution in [0.25, 0.3) is 0 Å². The lowest BCUT2D eigenvalue weighted by atomic mass is 9.88. The molecule has 0 aliphatic heterocycles. The van der Waals surface area contributed by atoms with Gasteiger partial charge in [-0.25, -0.2) is 4.79 Å². The van der Waals surface area contributed by atoms with E-state index < -0.39 is 0 Å². The van der Waals surface area contributed by atoms with Gasteiger partial charge in [0.2, 0.25) is 5.91 Å². The number of carbonyl (C=O) groups excluding carboxylic acids is 2. The molecule has 1 aromatic carbocycles. The minimum atomic E-state index is -0.172. The minimum absolute atomic E-state index is 0.0418. The van der Waals surface area contributed by atoms with Gasteiger partial charge in [-0.15, -0.1) is 0 Å². The Bertz CT molecular complexity index is 600. The largest absolute Gasteiger partial charge is 0.395 e. The summed E-state index contributed by atoms with van der Waals surface area (Å²) < 4.78 is 0. The Morgan fingerprint density at radius 2 is 1.96 bits per heavy atom. The Kier molecular flexibility index (Phi) is 9.11. The van der Waals surface area contributed by atoms with Crippen molar-refractivity contribution in [2.45, 2.75) is 58.4 Å². The van der Waals surface area contributed by atoms with Crippen molar-refractivity contribution < 1.29 is 14.7 Å². The van der Waals surface area contributed by atoms with Crippen LogP contribution in [0.2, 0.25) is 0 Å². The van der Waals surface area contributed by atoms with Crippen molar-refractivity contribution in [1.29, 1.82) is 0 Å². The van der Waals surface area contributed by atoms with Gasteiger partial charge in [0.25, 0.3) is 0 Å². The molecule has 6 nitrogen and oxygen atoms in total. The number of nitrogens with zero attached hydrogens (tertiary/aromatic N) is 1. The van der Waals surface area contributed by atoms with Gasteiger partial charge in [0.15, 0.2) is 0 Å². The van der Waals surface area contributed by atoms with Crippen molar-refractivity contribution in [3.63, 3.8) is 0 Å². The number of hydrogen-bond acceptors (Lipinski definition) is 3. The van der Waals surface area contributed by atoms with Crippen molar-refractivity contribution in [2.24, 2.45) is 5.92 Å². The van der Waals surface area contributed by atoms with Gasteiger partial charge >= 0.3 is 6.03 Å². The van der Waals surface area contributed by atoms with Gasteiger partial charge in [-0.05, 0) is 37.0 Å². The molecule has 1 aliphatic carbocycles. The van der Waals surface area contributed by atoms with Gasteiger partial charge in [-0.2, -0.15) is 0 Å². The summed E-state index contributed by atoms with van der Waals surface area (Å²) >= 11 is 0. The molecule has 150 valence electrons. The lowest BCUT2D eigenvalue weighted by molar-refractivity contribution is -0.120. The summed E-state index contributed by atoms with van der Waals surface area (Å²) in [6.07, 6.45) is 7.34. The van der Waals surface area contributed by atoms with Gasteiger partial charge < -0.3 is 20.6 Å². The number of urea groups is 1. The molecule has 0 aromatic heterocycles. The fourth-order valence-corrected chi connectivity index (χ4v) is 3.44. The molecule has 27 heavy (non-hydrogen) atoms. The first kappa shape index (κ1) is 21.2. The van der Waals surface area contributed by atoms with E-state index in [0.29, 0.717) is 19.6 Å². The topological polar surface area (TPSA) is 81.7 Å². The number of benzene rings is 1. The second-order valence-corrected chi connectivity index (χ2v) is 7.25. The first-order valence-electron chi connectivity index (χ1n) is 10.2. The molecule has 0 atom stereocenters. The molecule has 3 amide bonds. The molecular formula is C21H33N3O3. The van der Waals surface area contributed by atoms with Crippen molar-refractivity contribution in [2.75, 3.05) is 25.0 Å². The Labute approximate surface area is 162 Å². The summed E-state index contributed by atoms with van der Waals surface area (Å²) in [5.41, 5.74) is 1.71. The molecule has 0 radical (unpaired) electrons. The average molecular weight is 376 g/mol. The first-order valence-corrected chi connectivity index (χ1v) is 10.2. The number of amides is 3. The molecule has 1 aromatic rings. The van der Waals surface area contributed by atoms with Crippen LogP contribution < -0.4 is 10.6 Å². The van der Waals surface area contributed by atoms with Gasteiger partial charge in [0, 0.05) is 31.2 Å². The van der Waals surface area contributed by atoms with Gasteiger partial charge in [0.1, 0.15) is 0 Å². The van der Waals surface area contributed by atoms with E-state index in [0.717, 1.165) is 49.8 Å². The fraction of sp³-hybridized carbons (Fsp3) is 0.619. The zero-order valence-electron chi connectivity index (χ0n) is 16.4. The van der Waals surface area contributed by atoms with Gasteiger partial charge in [0.05, 0.1) is 6.61 Å². The number of hydrogen-bond donors (Lipinski definition) is 3. The number of rotatable bonds is 9. The highest BCUT2D eigenvalue weighted by Gasteiger charge is 2.21. The quantitative estimate of drug-likeness (QED) is 0.618. The van der Waals surface area contributed by atoms with Crippen molar-refractivity contribution in [1.82, 2.24) is 10.2 Å². The Morgan fingerprint density at radius 3 is 2.67 bits per heavy atom. The zero-order valence-corrected chi connectivity index (χ0v) is 16.4. The summed E-state index contributed by atoms with van der Waals surface area (Å²) in [4.78, 5) is 26.3. The van der Waals surface area contributed by atoms with Crippen molar-refractivity contribution in [3.05, 3.63) is 29.8 Å². The molecular weight excluding hydrogens is 342 g/mol. The minimum Gasteiger partial charge on any atom is -0.395 e. The molecule has 0 bridgehead atoms. The van der Waals surface area contributed by atoms with E-state index in [4.69, 9.17) is 5.11 Å². The molecule has 1 aliphatic rings. The third kappa shape index (κ3) is 7.21. The lowest BCUT2D eigenvalue weighted by Gasteiger charge is -2.22. The van der Waals surface area contributed by atoms with Crippen LogP contribution in [0.1, 0.15) is 57.4 Å². The van der Waals surface area contributed by atoms with E-state index in [1.807, 2.05) is 24.3 Å². The maximum Gasteiger partial charge on any atom is 0.317 e. The summed E-state index contributed by atoms with van der Waals surface area (Å²) in [6, 6.07) is 7.43. The highest BCUT2D eigenvalue weighted by atomic mass is 16.3. The molecule has 6 heteroatoms. The van der Waals surface area contributed by atoms with E-state index in [2.05, 4.69) is 17.6 Å². The second kappa shape index (κ2) is 11.6.